The largest absolute Gasteiger partial charge is 0.497 e. The Hall–Kier alpha value is -3.52. The van der Waals surface area contributed by atoms with Crippen LogP contribution in [0.1, 0.15) is 5.56 Å². The number of methoxy groups -OCH3 is 1. The van der Waals surface area contributed by atoms with Crippen LogP contribution in [0.15, 0.2) is 82.8 Å². The van der Waals surface area contributed by atoms with E-state index < -0.39 is 0 Å². The van der Waals surface area contributed by atoms with Gasteiger partial charge in [0.2, 0.25) is 5.91 Å². The standard InChI is InChI=1S/C22H20N4O3S/c1-28-19-9-7-16(8-10-19)13-26-21(17-11-12-29-14-17)24-25-22(26)30-15-20(27)23-18-5-3-2-4-6-18/h2-12,14H,13,15H2,1H3,(H,23,27). The number of para-hydroxylation sites is 1. The minimum absolute atomic E-state index is 0.102. The molecule has 1 N–H and O–H groups in total. The lowest BCUT2D eigenvalue weighted by atomic mass is 10.2. The van der Waals surface area contributed by atoms with E-state index in [-0.39, 0.29) is 11.7 Å². The van der Waals surface area contributed by atoms with Crippen molar-refractivity contribution in [3.63, 3.8) is 0 Å². The molecular weight excluding hydrogens is 400 g/mol. The van der Waals surface area contributed by atoms with E-state index >= 15 is 0 Å². The fraction of sp³-hybridized carbons (Fsp3) is 0.136. The van der Waals surface area contributed by atoms with Gasteiger partial charge in [0.05, 0.1) is 31.2 Å². The highest BCUT2D eigenvalue weighted by Crippen LogP contribution is 2.26. The third-order valence-corrected chi connectivity index (χ3v) is 5.35. The number of amides is 1. The maximum absolute atomic E-state index is 12.3. The molecule has 0 spiro atoms. The Balaban J connectivity index is 1.52. The van der Waals surface area contributed by atoms with Crippen LogP contribution in [-0.2, 0) is 11.3 Å². The normalized spacial score (nSPS) is 10.7. The van der Waals surface area contributed by atoms with Gasteiger partial charge in [0, 0.05) is 5.69 Å². The molecule has 4 rings (SSSR count). The number of hydrogen-bond donors (Lipinski definition) is 1. The summed E-state index contributed by atoms with van der Waals surface area (Å²) in [6, 6.07) is 19.0. The van der Waals surface area contributed by atoms with Crippen LogP contribution in [-0.4, -0.2) is 33.5 Å². The van der Waals surface area contributed by atoms with E-state index in [1.54, 1.807) is 19.6 Å². The minimum atomic E-state index is -0.102. The summed E-state index contributed by atoms with van der Waals surface area (Å²) in [4.78, 5) is 12.3. The summed E-state index contributed by atoms with van der Waals surface area (Å²) < 4.78 is 12.4. The maximum Gasteiger partial charge on any atom is 0.234 e. The van der Waals surface area contributed by atoms with Crippen molar-refractivity contribution in [1.29, 1.82) is 0 Å². The molecule has 30 heavy (non-hydrogen) atoms. The third kappa shape index (κ3) is 4.72. The van der Waals surface area contributed by atoms with Crippen LogP contribution in [0.4, 0.5) is 5.69 Å². The van der Waals surface area contributed by atoms with Crippen molar-refractivity contribution in [2.75, 3.05) is 18.2 Å². The lowest BCUT2D eigenvalue weighted by Gasteiger charge is -2.10. The zero-order valence-electron chi connectivity index (χ0n) is 16.3. The van der Waals surface area contributed by atoms with Crippen molar-refractivity contribution >= 4 is 23.4 Å². The van der Waals surface area contributed by atoms with Gasteiger partial charge in [-0.05, 0) is 35.9 Å². The molecule has 1 amide bonds. The van der Waals surface area contributed by atoms with E-state index in [0.717, 1.165) is 22.6 Å². The molecule has 0 aliphatic carbocycles. The molecule has 2 aromatic carbocycles. The van der Waals surface area contributed by atoms with Crippen molar-refractivity contribution in [3.05, 3.63) is 78.8 Å². The highest BCUT2D eigenvalue weighted by atomic mass is 32.2. The molecule has 0 atom stereocenters. The highest BCUT2D eigenvalue weighted by molar-refractivity contribution is 7.99. The van der Waals surface area contributed by atoms with Gasteiger partial charge in [-0.1, -0.05) is 42.1 Å². The van der Waals surface area contributed by atoms with Gasteiger partial charge in [-0.3, -0.25) is 9.36 Å². The lowest BCUT2D eigenvalue weighted by molar-refractivity contribution is -0.113. The Morgan fingerprint density at radius 2 is 1.90 bits per heavy atom. The number of ether oxygens (including phenoxy) is 1. The summed E-state index contributed by atoms with van der Waals surface area (Å²) >= 11 is 1.34. The van der Waals surface area contributed by atoms with Crippen LogP contribution in [0.5, 0.6) is 5.75 Å². The van der Waals surface area contributed by atoms with Crippen LogP contribution < -0.4 is 10.1 Å². The second-order valence-electron chi connectivity index (χ2n) is 6.46. The molecule has 0 saturated carbocycles. The fourth-order valence-corrected chi connectivity index (χ4v) is 3.64. The van der Waals surface area contributed by atoms with E-state index in [2.05, 4.69) is 15.5 Å². The number of thioether (sulfide) groups is 1. The zero-order valence-corrected chi connectivity index (χ0v) is 17.1. The molecule has 0 radical (unpaired) electrons. The van der Waals surface area contributed by atoms with Crippen molar-refractivity contribution in [2.24, 2.45) is 0 Å². The molecule has 4 aromatic rings. The molecule has 0 aliphatic heterocycles. The first kappa shape index (κ1) is 19.8. The van der Waals surface area contributed by atoms with Gasteiger partial charge in [-0.15, -0.1) is 10.2 Å². The van der Waals surface area contributed by atoms with Crippen LogP contribution in [0, 0.1) is 0 Å². The van der Waals surface area contributed by atoms with Crippen LogP contribution in [0.25, 0.3) is 11.4 Å². The van der Waals surface area contributed by atoms with Gasteiger partial charge < -0.3 is 14.5 Å². The van der Waals surface area contributed by atoms with Crippen LogP contribution in [0.3, 0.4) is 0 Å². The minimum Gasteiger partial charge on any atom is -0.497 e. The first-order valence-electron chi connectivity index (χ1n) is 9.29. The SMILES string of the molecule is COc1ccc(Cn2c(SCC(=O)Nc3ccccc3)nnc2-c2ccoc2)cc1. The monoisotopic (exact) mass is 420 g/mol. The fourth-order valence-electron chi connectivity index (χ4n) is 2.91. The summed E-state index contributed by atoms with van der Waals surface area (Å²) in [5.41, 5.74) is 2.66. The molecule has 7 nitrogen and oxygen atoms in total. The number of rotatable bonds is 8. The first-order chi connectivity index (χ1) is 14.7. The Bertz CT molecular complexity index is 1090. The number of aromatic nitrogens is 3. The quantitative estimate of drug-likeness (QED) is 0.427. The molecular formula is C22H20N4O3S. The number of furan rings is 1. The molecule has 0 aliphatic rings. The molecule has 8 heteroatoms. The van der Waals surface area contributed by atoms with Gasteiger partial charge in [-0.2, -0.15) is 0 Å². The van der Waals surface area contributed by atoms with Gasteiger partial charge in [0.25, 0.3) is 0 Å². The van der Waals surface area contributed by atoms with E-state index in [1.165, 1.54) is 11.8 Å². The number of nitrogens with zero attached hydrogens (tertiary/aromatic N) is 3. The topological polar surface area (TPSA) is 82.2 Å². The average Bonchev–Trinajstić information content (AvgIpc) is 3.43. The van der Waals surface area contributed by atoms with E-state index in [1.807, 2.05) is 65.2 Å². The molecule has 2 aromatic heterocycles. The number of benzene rings is 2. The molecule has 0 saturated heterocycles. The van der Waals surface area contributed by atoms with Gasteiger partial charge in [0.15, 0.2) is 11.0 Å². The van der Waals surface area contributed by atoms with Crippen molar-refractivity contribution < 1.29 is 13.9 Å². The van der Waals surface area contributed by atoms with Crippen molar-refractivity contribution in [1.82, 2.24) is 14.8 Å². The summed E-state index contributed by atoms with van der Waals surface area (Å²) in [6.45, 7) is 0.556. The van der Waals surface area contributed by atoms with Gasteiger partial charge >= 0.3 is 0 Å². The Morgan fingerprint density at radius 1 is 1.10 bits per heavy atom. The molecule has 152 valence electrons. The first-order valence-corrected chi connectivity index (χ1v) is 10.3. The van der Waals surface area contributed by atoms with Crippen molar-refractivity contribution in [3.8, 4) is 17.1 Å². The smallest absolute Gasteiger partial charge is 0.234 e. The summed E-state index contributed by atoms with van der Waals surface area (Å²) in [6.07, 6.45) is 3.23. The van der Waals surface area contributed by atoms with Gasteiger partial charge in [-0.25, -0.2) is 0 Å². The van der Waals surface area contributed by atoms with Gasteiger partial charge in [0.1, 0.15) is 12.0 Å². The number of anilines is 1. The zero-order chi connectivity index (χ0) is 20.8. The lowest BCUT2D eigenvalue weighted by Crippen LogP contribution is -2.14. The predicted molar refractivity (Wildman–Crippen MR) is 116 cm³/mol. The predicted octanol–water partition coefficient (Wildman–Crippen LogP) is 4.33. The van der Waals surface area contributed by atoms with E-state index in [9.17, 15) is 4.79 Å². The molecule has 0 unspecified atom stereocenters. The van der Waals surface area contributed by atoms with Crippen molar-refractivity contribution in [2.45, 2.75) is 11.7 Å². The molecule has 0 fully saturated rings. The number of carbonyl (C=O) groups is 1. The second-order valence-corrected chi connectivity index (χ2v) is 7.40. The Morgan fingerprint density at radius 3 is 2.60 bits per heavy atom. The second kappa shape index (κ2) is 9.32. The number of hydrogen-bond acceptors (Lipinski definition) is 6. The molecule has 2 heterocycles. The maximum atomic E-state index is 12.3. The summed E-state index contributed by atoms with van der Waals surface area (Å²) in [5, 5.41) is 12.2. The summed E-state index contributed by atoms with van der Waals surface area (Å²) in [5.74, 6) is 1.60. The van der Waals surface area contributed by atoms with Crippen LogP contribution >= 0.6 is 11.8 Å². The van der Waals surface area contributed by atoms with E-state index in [4.69, 9.17) is 9.15 Å². The number of carbonyl (C=O) groups excluding carboxylic acids is 1. The average molecular weight is 420 g/mol. The Labute approximate surface area is 178 Å². The highest BCUT2D eigenvalue weighted by Gasteiger charge is 2.17. The van der Waals surface area contributed by atoms with E-state index in [0.29, 0.717) is 17.5 Å². The molecule has 0 bridgehead atoms. The Kier molecular flexibility index (Phi) is 6.14. The summed E-state index contributed by atoms with van der Waals surface area (Å²) in [7, 11) is 1.64. The van der Waals surface area contributed by atoms with Crippen LogP contribution in [0.2, 0.25) is 0 Å². The third-order valence-electron chi connectivity index (χ3n) is 4.39. The number of nitrogens with one attached hydrogen (secondary N) is 1.